The van der Waals surface area contributed by atoms with Crippen LogP contribution in [0.15, 0.2) is 36.7 Å². The van der Waals surface area contributed by atoms with Gasteiger partial charge in [-0.1, -0.05) is 59.8 Å². The summed E-state index contributed by atoms with van der Waals surface area (Å²) in [6, 6.07) is 5.01. The lowest BCUT2D eigenvalue weighted by atomic mass is 9.86. The first kappa shape index (κ1) is 26.0. The van der Waals surface area contributed by atoms with Gasteiger partial charge in [0.2, 0.25) is 10.0 Å². The lowest BCUT2D eigenvalue weighted by Gasteiger charge is -2.31. The van der Waals surface area contributed by atoms with Crippen molar-refractivity contribution in [1.82, 2.24) is 9.55 Å². The van der Waals surface area contributed by atoms with Crippen molar-refractivity contribution < 1.29 is 12.8 Å². The molecule has 2 heterocycles. The second kappa shape index (κ2) is 9.92. The highest BCUT2D eigenvalue weighted by atomic mass is 32.3. The molecule has 2 N–H and O–H groups in total. The molecule has 0 fully saturated rings. The summed E-state index contributed by atoms with van der Waals surface area (Å²) < 4.78 is 41.0. The van der Waals surface area contributed by atoms with E-state index in [0.29, 0.717) is 35.1 Å². The quantitative estimate of drug-likeness (QED) is 0.481. The molecule has 5 nitrogen and oxygen atoms in total. The average Bonchev–Trinajstić information content (AvgIpc) is 3.27. The van der Waals surface area contributed by atoms with Crippen molar-refractivity contribution in [2.45, 2.75) is 76.2 Å². The Hall–Kier alpha value is -1.64. The van der Waals surface area contributed by atoms with Crippen LogP contribution in [0.25, 0.3) is 5.57 Å². The maximum Gasteiger partial charge on any atom is 0.225 e. The molecule has 1 aromatic heterocycles. The van der Waals surface area contributed by atoms with Crippen LogP contribution < -0.4 is 5.14 Å². The van der Waals surface area contributed by atoms with Gasteiger partial charge in [-0.15, -0.1) is 11.8 Å². The zero-order valence-electron chi connectivity index (χ0n) is 20.4. The van der Waals surface area contributed by atoms with E-state index < -0.39 is 14.6 Å². The van der Waals surface area contributed by atoms with Gasteiger partial charge in [0.05, 0.1) is 6.54 Å². The minimum atomic E-state index is -3.86. The van der Waals surface area contributed by atoms with E-state index in [1.165, 1.54) is 17.8 Å². The lowest BCUT2D eigenvalue weighted by molar-refractivity contribution is 0.435. The highest BCUT2D eigenvalue weighted by molar-refractivity contribution is 8.14. The van der Waals surface area contributed by atoms with E-state index in [-0.39, 0.29) is 16.5 Å². The molecule has 2 aromatic rings. The third-order valence-corrected chi connectivity index (χ3v) is 9.14. The Bertz CT molecular complexity index is 1110. The zero-order chi connectivity index (χ0) is 24.6. The Morgan fingerprint density at radius 2 is 1.79 bits per heavy atom. The number of nitrogens with two attached hydrogens (primary N) is 1. The molecule has 1 aliphatic heterocycles. The molecule has 0 bridgehead atoms. The van der Waals surface area contributed by atoms with E-state index >= 15 is 4.39 Å². The third kappa shape index (κ3) is 6.08. The molecule has 182 valence electrons. The van der Waals surface area contributed by atoms with Crippen LogP contribution in [0.2, 0.25) is 0 Å². The zero-order valence-corrected chi connectivity index (χ0v) is 22.0. The number of thioether (sulfide) groups is 1. The predicted molar refractivity (Wildman–Crippen MR) is 136 cm³/mol. The summed E-state index contributed by atoms with van der Waals surface area (Å²) in [7, 11) is -3.86. The van der Waals surface area contributed by atoms with Gasteiger partial charge in [-0.2, -0.15) is 0 Å². The van der Waals surface area contributed by atoms with Crippen LogP contribution in [0, 0.1) is 17.7 Å². The summed E-state index contributed by atoms with van der Waals surface area (Å²) in [4.78, 5) is 4.37. The number of hydrogen-bond acceptors (Lipinski definition) is 4. The van der Waals surface area contributed by atoms with Crippen LogP contribution in [0.4, 0.5) is 4.39 Å². The summed E-state index contributed by atoms with van der Waals surface area (Å²) in [6.07, 6.45) is 7.30. The molecule has 1 unspecified atom stereocenters. The number of halogens is 1. The van der Waals surface area contributed by atoms with Crippen molar-refractivity contribution in [2.75, 3.05) is 0 Å². The number of primary sulfonamides is 1. The molecule has 1 aromatic carbocycles. The highest BCUT2D eigenvalue weighted by Gasteiger charge is 2.45. The molecule has 0 saturated heterocycles. The number of hydrogen-bond donors (Lipinski definition) is 1. The SMILES string of the molecule is CC(C)CC1(CC(C)C)C=C(c2ccc(Cn3ccnc3C(C)C)c(F)c2)C(S(N)(=O)=O)S1. The van der Waals surface area contributed by atoms with Gasteiger partial charge in [-0.25, -0.2) is 22.9 Å². The molecule has 1 atom stereocenters. The number of benzene rings is 1. The second-order valence-corrected chi connectivity index (χ2v) is 13.7. The average molecular weight is 494 g/mol. The van der Waals surface area contributed by atoms with Crippen LogP contribution in [-0.2, 0) is 16.6 Å². The smallest absolute Gasteiger partial charge is 0.225 e. The molecule has 0 radical (unpaired) electrons. The topological polar surface area (TPSA) is 78.0 Å². The maximum absolute atomic E-state index is 15.2. The van der Waals surface area contributed by atoms with Gasteiger partial charge in [0, 0.05) is 28.6 Å². The van der Waals surface area contributed by atoms with Crippen LogP contribution in [0.5, 0.6) is 0 Å². The van der Waals surface area contributed by atoms with E-state index in [9.17, 15) is 8.42 Å². The monoisotopic (exact) mass is 493 g/mol. The number of imidazole rings is 1. The first-order valence-corrected chi connectivity index (χ1v) is 14.0. The molecule has 1 aliphatic rings. The largest absolute Gasteiger partial charge is 0.330 e. The molecule has 0 aliphatic carbocycles. The molecule has 3 rings (SSSR count). The lowest BCUT2D eigenvalue weighted by Crippen LogP contribution is -2.30. The van der Waals surface area contributed by atoms with Gasteiger partial charge in [-0.05, 0) is 41.9 Å². The Morgan fingerprint density at radius 1 is 1.15 bits per heavy atom. The minimum absolute atomic E-state index is 0.230. The van der Waals surface area contributed by atoms with Gasteiger partial charge in [0.1, 0.15) is 16.2 Å². The van der Waals surface area contributed by atoms with Crippen LogP contribution in [0.3, 0.4) is 0 Å². The summed E-state index contributed by atoms with van der Waals surface area (Å²) in [6.45, 7) is 13.0. The summed E-state index contributed by atoms with van der Waals surface area (Å²) >= 11 is 1.40. The maximum atomic E-state index is 15.2. The van der Waals surface area contributed by atoms with Crippen molar-refractivity contribution >= 4 is 27.4 Å². The number of sulfonamides is 1. The fourth-order valence-electron chi connectivity index (χ4n) is 4.80. The van der Waals surface area contributed by atoms with Gasteiger partial charge < -0.3 is 4.57 Å². The Morgan fingerprint density at radius 3 is 2.30 bits per heavy atom. The second-order valence-electron chi connectivity index (χ2n) is 10.3. The number of rotatable bonds is 9. The fraction of sp³-hybridized carbons (Fsp3) is 0.560. The molecular formula is C25H36FN3O2S2. The molecule has 0 saturated carbocycles. The molecule has 33 heavy (non-hydrogen) atoms. The first-order valence-electron chi connectivity index (χ1n) is 11.5. The molecule has 8 heteroatoms. The van der Waals surface area contributed by atoms with E-state index in [0.717, 1.165) is 18.7 Å². The van der Waals surface area contributed by atoms with Gasteiger partial charge in [-0.3, -0.25) is 0 Å². The van der Waals surface area contributed by atoms with E-state index in [1.54, 1.807) is 12.3 Å². The molecular weight excluding hydrogens is 457 g/mol. The normalized spacial score (nSPS) is 18.5. The first-order chi connectivity index (χ1) is 15.3. The van der Waals surface area contributed by atoms with Crippen molar-refractivity contribution in [3.05, 3.63) is 59.4 Å². The van der Waals surface area contributed by atoms with Crippen LogP contribution >= 0.6 is 11.8 Å². The van der Waals surface area contributed by atoms with E-state index in [4.69, 9.17) is 5.14 Å². The van der Waals surface area contributed by atoms with Crippen molar-refractivity contribution in [3.8, 4) is 0 Å². The minimum Gasteiger partial charge on any atom is -0.330 e. The summed E-state index contributed by atoms with van der Waals surface area (Å²) in [5, 5.41) is 5.66. The van der Waals surface area contributed by atoms with Crippen LogP contribution in [-0.4, -0.2) is 27.3 Å². The van der Waals surface area contributed by atoms with Crippen LogP contribution in [0.1, 0.15) is 77.3 Å². The Kier molecular flexibility index (Phi) is 7.81. The third-order valence-electron chi connectivity index (χ3n) is 5.81. The summed E-state index contributed by atoms with van der Waals surface area (Å²) in [5.41, 5.74) is 1.71. The van der Waals surface area contributed by atoms with Crippen molar-refractivity contribution in [3.63, 3.8) is 0 Å². The van der Waals surface area contributed by atoms with Gasteiger partial charge >= 0.3 is 0 Å². The summed E-state index contributed by atoms with van der Waals surface area (Å²) in [5.74, 6) is 1.54. The predicted octanol–water partition coefficient (Wildman–Crippen LogP) is 5.77. The fourth-order valence-corrected chi connectivity index (χ4v) is 8.28. The van der Waals surface area contributed by atoms with E-state index in [2.05, 4.69) is 46.5 Å². The molecule has 0 amide bonds. The molecule has 0 spiro atoms. The standard InChI is InChI=1S/C25H36FN3O2S2/c1-16(2)12-25(13-17(3)4)14-21(24(32-25)33(27,30)31)19-7-8-20(22(26)11-19)15-29-10-9-28-23(29)18(5)6/h7-11,14,16-18,24H,12-13,15H2,1-6H3,(H2,27,30,31). The Labute approximate surface area is 202 Å². The van der Waals surface area contributed by atoms with Gasteiger partial charge in [0.15, 0.2) is 0 Å². The number of nitrogens with zero attached hydrogens (tertiary/aromatic N) is 2. The number of aromatic nitrogens is 2. The Balaban J connectivity index is 2.01. The van der Waals surface area contributed by atoms with Crippen molar-refractivity contribution in [2.24, 2.45) is 17.0 Å². The van der Waals surface area contributed by atoms with Crippen molar-refractivity contribution in [1.29, 1.82) is 0 Å². The van der Waals surface area contributed by atoms with Gasteiger partial charge in [0.25, 0.3) is 0 Å². The van der Waals surface area contributed by atoms with E-state index in [1.807, 2.05) is 22.9 Å². The highest BCUT2D eigenvalue weighted by Crippen LogP contribution is 2.53.